The van der Waals surface area contributed by atoms with Gasteiger partial charge in [-0.1, -0.05) is 49.2 Å². The second-order valence-corrected chi connectivity index (χ2v) is 8.68. The number of carbonyl (C=O) groups excluding carboxylic acids is 2. The zero-order chi connectivity index (χ0) is 21.6. The zero-order valence-electron chi connectivity index (χ0n) is 18.3. The Kier molecular flexibility index (Phi) is 6.85. The van der Waals surface area contributed by atoms with Gasteiger partial charge in [0.05, 0.1) is 12.0 Å². The topological polar surface area (TPSA) is 65.5 Å². The number of carbonyl (C=O) groups is 2. The maximum Gasteiger partial charge on any atom is 0.225 e. The number of nitrogens with one attached hydrogen (secondary N) is 1. The number of anilines is 1. The number of rotatable bonds is 6. The van der Waals surface area contributed by atoms with Crippen LogP contribution in [0.5, 0.6) is 0 Å². The quantitative estimate of drug-likeness (QED) is 0.774. The molecule has 31 heavy (non-hydrogen) atoms. The molecule has 2 aliphatic rings. The Balaban J connectivity index is 1.29. The molecule has 6 heteroatoms. The first-order valence-corrected chi connectivity index (χ1v) is 11.4. The zero-order valence-corrected chi connectivity index (χ0v) is 18.3. The molecule has 1 N–H and O–H groups in total. The van der Waals surface area contributed by atoms with E-state index in [9.17, 15) is 9.59 Å². The van der Waals surface area contributed by atoms with Crippen LogP contribution in [0.1, 0.15) is 56.2 Å². The highest BCUT2D eigenvalue weighted by Gasteiger charge is 2.36. The second-order valence-electron chi connectivity index (χ2n) is 8.68. The largest absolute Gasteiger partial charge is 0.357 e. The smallest absolute Gasteiger partial charge is 0.225 e. The maximum atomic E-state index is 12.7. The molecule has 1 aromatic heterocycles. The summed E-state index contributed by atoms with van der Waals surface area (Å²) in [6.45, 7) is 5.05. The molecule has 4 rings (SSSR count). The predicted octanol–water partition coefficient (Wildman–Crippen LogP) is 3.69. The third-order valence-electron chi connectivity index (χ3n) is 6.48. The molecule has 0 bridgehead atoms. The van der Waals surface area contributed by atoms with Crippen molar-refractivity contribution in [3.8, 4) is 0 Å². The van der Waals surface area contributed by atoms with Crippen LogP contribution in [0, 0.1) is 5.92 Å². The summed E-state index contributed by atoms with van der Waals surface area (Å²) in [7, 11) is 0. The lowest BCUT2D eigenvalue weighted by Gasteiger charge is -2.25. The Bertz CT molecular complexity index is 876. The molecule has 0 unspecified atom stereocenters. The van der Waals surface area contributed by atoms with E-state index in [4.69, 9.17) is 0 Å². The number of hydrogen-bond donors (Lipinski definition) is 1. The minimum Gasteiger partial charge on any atom is -0.357 e. The summed E-state index contributed by atoms with van der Waals surface area (Å²) in [4.78, 5) is 34.0. The van der Waals surface area contributed by atoms with Crippen LogP contribution in [0.3, 0.4) is 0 Å². The average Bonchev–Trinajstić information content (AvgIpc) is 3.00. The van der Waals surface area contributed by atoms with Crippen molar-refractivity contribution in [2.24, 2.45) is 5.92 Å². The fourth-order valence-corrected chi connectivity index (χ4v) is 4.53. The molecule has 0 saturated carbocycles. The van der Waals surface area contributed by atoms with E-state index in [0.717, 1.165) is 30.0 Å². The minimum atomic E-state index is -0.303. The maximum absolute atomic E-state index is 12.7. The van der Waals surface area contributed by atoms with Crippen molar-refractivity contribution >= 4 is 17.6 Å². The van der Waals surface area contributed by atoms with Crippen molar-refractivity contribution in [1.29, 1.82) is 0 Å². The van der Waals surface area contributed by atoms with E-state index >= 15 is 0 Å². The third kappa shape index (κ3) is 5.24. The molecule has 2 saturated heterocycles. The first kappa shape index (κ1) is 21.3. The van der Waals surface area contributed by atoms with Crippen LogP contribution in [0.15, 0.2) is 48.7 Å². The van der Waals surface area contributed by atoms with Crippen molar-refractivity contribution in [3.05, 3.63) is 59.8 Å². The van der Waals surface area contributed by atoms with Gasteiger partial charge in [0.15, 0.2) is 0 Å². The van der Waals surface area contributed by atoms with E-state index < -0.39 is 0 Å². The number of amides is 2. The van der Waals surface area contributed by atoms with Crippen molar-refractivity contribution in [2.75, 3.05) is 24.5 Å². The fourth-order valence-electron chi connectivity index (χ4n) is 4.53. The number of aromatic nitrogens is 1. The number of pyridine rings is 1. The van der Waals surface area contributed by atoms with Gasteiger partial charge < -0.3 is 15.1 Å². The summed E-state index contributed by atoms with van der Waals surface area (Å²) in [6.07, 6.45) is 7.16. The second kappa shape index (κ2) is 9.94. The van der Waals surface area contributed by atoms with Gasteiger partial charge in [0.2, 0.25) is 11.8 Å². The van der Waals surface area contributed by atoms with Gasteiger partial charge in [0, 0.05) is 38.8 Å². The molecule has 0 aliphatic carbocycles. The van der Waals surface area contributed by atoms with Crippen molar-refractivity contribution in [1.82, 2.24) is 15.2 Å². The molecule has 2 aromatic rings. The van der Waals surface area contributed by atoms with Gasteiger partial charge in [0.25, 0.3) is 0 Å². The SMILES string of the molecule is C[C@H](c1ccccc1)N1C[C@H](C(=O)NCc2ccc(N3CCCCCC3)nc2)CC1=O. The molecular weight excluding hydrogens is 388 g/mol. The highest BCUT2D eigenvalue weighted by Crippen LogP contribution is 2.28. The first-order chi connectivity index (χ1) is 15.1. The van der Waals surface area contributed by atoms with Gasteiger partial charge in [-0.3, -0.25) is 9.59 Å². The molecule has 0 radical (unpaired) electrons. The van der Waals surface area contributed by atoms with E-state index in [1.165, 1.54) is 25.7 Å². The monoisotopic (exact) mass is 420 g/mol. The number of benzene rings is 1. The van der Waals surface area contributed by atoms with E-state index in [0.29, 0.717) is 13.1 Å². The minimum absolute atomic E-state index is 0.0257. The van der Waals surface area contributed by atoms with Gasteiger partial charge >= 0.3 is 0 Å². The van der Waals surface area contributed by atoms with Crippen LogP contribution < -0.4 is 10.2 Å². The summed E-state index contributed by atoms with van der Waals surface area (Å²) in [6, 6.07) is 14.0. The number of likely N-dealkylation sites (tertiary alicyclic amines) is 1. The Morgan fingerprint density at radius 1 is 1.10 bits per heavy atom. The standard InChI is InChI=1S/C25H32N4O2/c1-19(21-9-5-4-6-10-21)29-18-22(15-24(29)30)25(31)27-17-20-11-12-23(26-16-20)28-13-7-2-3-8-14-28/h4-6,9-12,16,19,22H,2-3,7-8,13-15,17-18H2,1H3,(H,27,31)/t19-,22-/m1/s1. The lowest BCUT2D eigenvalue weighted by atomic mass is 10.1. The van der Waals surface area contributed by atoms with Gasteiger partial charge in [-0.2, -0.15) is 0 Å². The van der Waals surface area contributed by atoms with Crippen molar-refractivity contribution in [3.63, 3.8) is 0 Å². The summed E-state index contributed by atoms with van der Waals surface area (Å²) < 4.78 is 0. The number of nitrogens with zero attached hydrogens (tertiary/aromatic N) is 3. The molecule has 2 fully saturated rings. The summed E-state index contributed by atoms with van der Waals surface area (Å²) in [5, 5.41) is 3.00. The molecule has 6 nitrogen and oxygen atoms in total. The van der Waals surface area contributed by atoms with Crippen LogP contribution in [0.4, 0.5) is 5.82 Å². The highest BCUT2D eigenvalue weighted by atomic mass is 16.2. The molecule has 2 aliphatic heterocycles. The van der Waals surface area contributed by atoms with Gasteiger partial charge in [-0.05, 0) is 37.0 Å². The fraction of sp³-hybridized carbons (Fsp3) is 0.480. The Labute approximate surface area is 184 Å². The van der Waals surface area contributed by atoms with E-state index in [-0.39, 0.29) is 30.2 Å². The van der Waals surface area contributed by atoms with E-state index in [1.807, 2.05) is 54.4 Å². The summed E-state index contributed by atoms with van der Waals surface area (Å²) in [5.41, 5.74) is 2.07. The third-order valence-corrected chi connectivity index (χ3v) is 6.48. The van der Waals surface area contributed by atoms with Crippen LogP contribution in [0.25, 0.3) is 0 Å². The van der Waals surface area contributed by atoms with Gasteiger partial charge in [-0.15, -0.1) is 0 Å². The van der Waals surface area contributed by atoms with Crippen LogP contribution in [0.2, 0.25) is 0 Å². The van der Waals surface area contributed by atoms with Crippen molar-refractivity contribution in [2.45, 2.75) is 51.6 Å². The first-order valence-electron chi connectivity index (χ1n) is 11.4. The van der Waals surface area contributed by atoms with E-state index in [2.05, 4.69) is 21.3 Å². The highest BCUT2D eigenvalue weighted by molar-refractivity contribution is 5.89. The normalized spacial score (nSPS) is 20.4. The molecule has 2 atom stereocenters. The van der Waals surface area contributed by atoms with Crippen molar-refractivity contribution < 1.29 is 9.59 Å². The Hall–Kier alpha value is -2.89. The molecule has 2 amide bonds. The predicted molar refractivity (Wildman–Crippen MR) is 121 cm³/mol. The Morgan fingerprint density at radius 3 is 2.52 bits per heavy atom. The summed E-state index contributed by atoms with van der Waals surface area (Å²) in [5.74, 6) is 0.694. The molecule has 0 spiro atoms. The molecular formula is C25H32N4O2. The van der Waals surface area contributed by atoms with Crippen LogP contribution >= 0.6 is 0 Å². The van der Waals surface area contributed by atoms with Gasteiger partial charge in [0.1, 0.15) is 5.82 Å². The Morgan fingerprint density at radius 2 is 1.84 bits per heavy atom. The molecule has 3 heterocycles. The molecule has 1 aromatic carbocycles. The van der Waals surface area contributed by atoms with Crippen LogP contribution in [-0.2, 0) is 16.1 Å². The lowest BCUT2D eigenvalue weighted by Crippen LogP contribution is -2.33. The molecule has 164 valence electrons. The van der Waals surface area contributed by atoms with E-state index in [1.54, 1.807) is 0 Å². The average molecular weight is 421 g/mol. The van der Waals surface area contributed by atoms with Crippen LogP contribution in [-0.4, -0.2) is 41.3 Å². The summed E-state index contributed by atoms with van der Waals surface area (Å²) >= 11 is 0. The number of hydrogen-bond acceptors (Lipinski definition) is 4. The lowest BCUT2D eigenvalue weighted by molar-refractivity contribution is -0.130. The van der Waals surface area contributed by atoms with Gasteiger partial charge in [-0.25, -0.2) is 4.98 Å².